The van der Waals surface area contributed by atoms with Gasteiger partial charge in [0.25, 0.3) is 5.92 Å². The summed E-state index contributed by atoms with van der Waals surface area (Å²) in [5.74, 6) is -3.18. The number of ketones is 1. The van der Waals surface area contributed by atoms with E-state index in [2.05, 4.69) is 9.97 Å². The third-order valence-corrected chi connectivity index (χ3v) is 4.47. The van der Waals surface area contributed by atoms with Crippen LogP contribution in [0.2, 0.25) is 0 Å². The largest absolute Gasteiger partial charge is 0.383 e. The van der Waals surface area contributed by atoms with Crippen LogP contribution in [-0.4, -0.2) is 58.7 Å². The summed E-state index contributed by atoms with van der Waals surface area (Å²) in [5.41, 5.74) is 6.28. The van der Waals surface area contributed by atoms with Crippen molar-refractivity contribution in [3.8, 4) is 0 Å². The molecule has 9 heteroatoms. The van der Waals surface area contributed by atoms with Crippen molar-refractivity contribution in [3.05, 3.63) is 47.8 Å². The summed E-state index contributed by atoms with van der Waals surface area (Å²) in [6.07, 6.45) is 0.715. The number of carbonyl (C=O) groups is 2. The van der Waals surface area contributed by atoms with Crippen molar-refractivity contribution < 1.29 is 18.4 Å². The lowest BCUT2D eigenvalue weighted by Gasteiger charge is -2.36. The SMILES string of the molecule is CC(F)(F)CC(=O)N1CCN(c2cccc(C(=O)c3cccnc3N)n2)CC1. The Kier molecular flexibility index (Phi) is 5.53. The Morgan fingerprint density at radius 2 is 1.86 bits per heavy atom. The average Bonchev–Trinajstić information content (AvgIpc) is 2.67. The monoisotopic (exact) mass is 389 g/mol. The van der Waals surface area contributed by atoms with Gasteiger partial charge in [0, 0.05) is 32.4 Å². The number of hydrogen-bond acceptors (Lipinski definition) is 6. The van der Waals surface area contributed by atoms with Crippen LogP contribution in [0.5, 0.6) is 0 Å². The van der Waals surface area contributed by atoms with E-state index in [1.165, 1.54) is 11.1 Å². The summed E-state index contributed by atoms with van der Waals surface area (Å²) >= 11 is 0. The predicted molar refractivity (Wildman–Crippen MR) is 100 cm³/mol. The third kappa shape index (κ3) is 4.59. The van der Waals surface area contributed by atoms with Crippen LogP contribution in [0.3, 0.4) is 0 Å². The third-order valence-electron chi connectivity index (χ3n) is 4.47. The molecular weight excluding hydrogens is 368 g/mol. The van der Waals surface area contributed by atoms with Gasteiger partial charge < -0.3 is 15.5 Å². The smallest absolute Gasteiger partial charge is 0.254 e. The topological polar surface area (TPSA) is 92.4 Å². The lowest BCUT2D eigenvalue weighted by atomic mass is 10.1. The van der Waals surface area contributed by atoms with E-state index in [1.807, 2.05) is 4.90 Å². The molecule has 0 aromatic carbocycles. The fourth-order valence-corrected chi connectivity index (χ4v) is 3.04. The number of pyridine rings is 2. The fraction of sp³-hybridized carbons (Fsp3) is 0.368. The zero-order valence-electron chi connectivity index (χ0n) is 15.4. The number of nitrogen functional groups attached to an aromatic ring is 1. The molecule has 0 unspecified atom stereocenters. The Bertz CT molecular complexity index is 877. The first-order chi connectivity index (χ1) is 13.2. The van der Waals surface area contributed by atoms with Gasteiger partial charge in [-0.25, -0.2) is 18.7 Å². The predicted octanol–water partition coefficient (Wildman–Crippen LogP) is 1.98. The molecule has 1 amide bonds. The number of nitrogens with two attached hydrogens (primary N) is 1. The molecule has 1 aliphatic heterocycles. The summed E-state index contributed by atoms with van der Waals surface area (Å²) < 4.78 is 26.1. The first-order valence-electron chi connectivity index (χ1n) is 8.87. The van der Waals surface area contributed by atoms with E-state index in [0.29, 0.717) is 32.0 Å². The second kappa shape index (κ2) is 7.87. The lowest BCUT2D eigenvalue weighted by Crippen LogP contribution is -2.49. The summed E-state index contributed by atoms with van der Waals surface area (Å²) in [6.45, 7) is 2.28. The Hall–Kier alpha value is -3.10. The average molecular weight is 389 g/mol. The molecule has 7 nitrogen and oxygen atoms in total. The van der Waals surface area contributed by atoms with E-state index >= 15 is 0 Å². The van der Waals surface area contributed by atoms with Crippen LogP contribution >= 0.6 is 0 Å². The van der Waals surface area contributed by atoms with Crippen molar-refractivity contribution in [1.29, 1.82) is 0 Å². The molecule has 1 saturated heterocycles. The molecule has 1 aliphatic rings. The van der Waals surface area contributed by atoms with Gasteiger partial charge in [-0.3, -0.25) is 9.59 Å². The maximum Gasteiger partial charge on any atom is 0.254 e. The van der Waals surface area contributed by atoms with E-state index in [1.54, 1.807) is 30.3 Å². The highest BCUT2D eigenvalue weighted by molar-refractivity contribution is 6.10. The van der Waals surface area contributed by atoms with E-state index in [0.717, 1.165) is 6.92 Å². The zero-order chi connectivity index (χ0) is 20.3. The molecule has 1 fully saturated rings. The first kappa shape index (κ1) is 19.7. The summed E-state index contributed by atoms with van der Waals surface area (Å²) in [6, 6.07) is 8.30. The van der Waals surface area contributed by atoms with Gasteiger partial charge in [-0.2, -0.15) is 0 Å². The van der Waals surface area contributed by atoms with Gasteiger partial charge in [0.05, 0.1) is 12.0 Å². The van der Waals surface area contributed by atoms with Gasteiger partial charge >= 0.3 is 0 Å². The number of carbonyl (C=O) groups excluding carboxylic acids is 2. The minimum absolute atomic E-state index is 0.138. The lowest BCUT2D eigenvalue weighted by molar-refractivity contribution is -0.138. The van der Waals surface area contributed by atoms with E-state index in [4.69, 9.17) is 5.73 Å². The molecule has 2 aromatic heterocycles. The molecule has 0 aliphatic carbocycles. The summed E-state index contributed by atoms with van der Waals surface area (Å²) in [7, 11) is 0. The minimum atomic E-state index is -3.02. The Morgan fingerprint density at radius 3 is 2.50 bits per heavy atom. The van der Waals surface area contributed by atoms with Gasteiger partial charge in [-0.05, 0) is 31.2 Å². The van der Waals surface area contributed by atoms with Crippen molar-refractivity contribution in [1.82, 2.24) is 14.9 Å². The first-order valence-corrected chi connectivity index (χ1v) is 8.87. The van der Waals surface area contributed by atoms with Crippen LogP contribution in [0.1, 0.15) is 29.4 Å². The van der Waals surface area contributed by atoms with Gasteiger partial charge in [0.2, 0.25) is 11.7 Å². The number of nitrogens with zero attached hydrogens (tertiary/aromatic N) is 4. The number of aromatic nitrogens is 2. The summed E-state index contributed by atoms with van der Waals surface area (Å²) in [4.78, 5) is 36.3. The summed E-state index contributed by atoms with van der Waals surface area (Å²) in [5, 5.41) is 0. The quantitative estimate of drug-likeness (QED) is 0.787. The number of hydrogen-bond donors (Lipinski definition) is 1. The Morgan fingerprint density at radius 1 is 1.14 bits per heavy atom. The Balaban J connectivity index is 1.68. The van der Waals surface area contributed by atoms with Crippen molar-refractivity contribution in [2.45, 2.75) is 19.3 Å². The number of anilines is 2. The highest BCUT2D eigenvalue weighted by Gasteiger charge is 2.30. The Labute approximate surface area is 161 Å². The van der Waals surface area contributed by atoms with Crippen LogP contribution in [-0.2, 0) is 4.79 Å². The second-order valence-corrected chi connectivity index (χ2v) is 6.76. The molecule has 2 N–H and O–H groups in total. The number of halogens is 2. The molecule has 148 valence electrons. The molecule has 0 atom stereocenters. The molecular formula is C19H21F2N5O2. The molecule has 3 rings (SSSR count). The van der Waals surface area contributed by atoms with Crippen LogP contribution in [0.4, 0.5) is 20.4 Å². The molecule has 0 radical (unpaired) electrons. The van der Waals surface area contributed by atoms with Gasteiger partial charge in [-0.1, -0.05) is 6.07 Å². The molecule has 0 saturated carbocycles. The van der Waals surface area contributed by atoms with Crippen LogP contribution in [0, 0.1) is 0 Å². The molecule has 3 heterocycles. The maximum atomic E-state index is 13.0. The van der Waals surface area contributed by atoms with Gasteiger partial charge in [0.15, 0.2) is 0 Å². The van der Waals surface area contributed by atoms with Crippen molar-refractivity contribution >= 4 is 23.3 Å². The second-order valence-electron chi connectivity index (χ2n) is 6.76. The normalized spacial score (nSPS) is 14.8. The van der Waals surface area contributed by atoms with E-state index in [-0.39, 0.29) is 22.9 Å². The molecule has 2 aromatic rings. The highest BCUT2D eigenvalue weighted by Crippen LogP contribution is 2.21. The van der Waals surface area contributed by atoms with E-state index < -0.39 is 18.3 Å². The fourth-order valence-electron chi connectivity index (χ4n) is 3.04. The van der Waals surface area contributed by atoms with Crippen molar-refractivity contribution in [2.75, 3.05) is 36.8 Å². The van der Waals surface area contributed by atoms with Crippen molar-refractivity contribution in [3.63, 3.8) is 0 Å². The number of piperazine rings is 1. The highest BCUT2D eigenvalue weighted by atomic mass is 19.3. The minimum Gasteiger partial charge on any atom is -0.383 e. The van der Waals surface area contributed by atoms with E-state index in [9.17, 15) is 18.4 Å². The molecule has 0 spiro atoms. The van der Waals surface area contributed by atoms with Crippen LogP contribution in [0.25, 0.3) is 0 Å². The standard InChI is InChI=1S/C19H21F2N5O2/c1-19(20,21)12-16(27)26-10-8-25(9-11-26)15-6-2-5-14(24-15)17(28)13-4-3-7-23-18(13)22/h2-7H,8-12H2,1H3,(H2,22,23). The van der Waals surface area contributed by atoms with Crippen LogP contribution < -0.4 is 10.6 Å². The zero-order valence-corrected chi connectivity index (χ0v) is 15.4. The number of rotatable bonds is 5. The van der Waals surface area contributed by atoms with Crippen molar-refractivity contribution in [2.24, 2.45) is 0 Å². The van der Waals surface area contributed by atoms with Gasteiger partial charge in [-0.15, -0.1) is 0 Å². The maximum absolute atomic E-state index is 13.0. The molecule has 0 bridgehead atoms. The molecule has 28 heavy (non-hydrogen) atoms. The number of amides is 1. The number of alkyl halides is 2. The van der Waals surface area contributed by atoms with Gasteiger partial charge in [0.1, 0.15) is 17.3 Å². The van der Waals surface area contributed by atoms with Crippen LogP contribution in [0.15, 0.2) is 36.5 Å².